The molecule has 0 radical (unpaired) electrons. The molecule has 5 N–H and O–H groups in total. The van der Waals surface area contributed by atoms with E-state index in [9.17, 15) is 0 Å². The third-order valence-corrected chi connectivity index (χ3v) is 2.33. The number of nitrogens with zero attached hydrogens (tertiary/aromatic N) is 3. The molecule has 19 heavy (non-hydrogen) atoms. The molecule has 0 aliphatic rings. The molecule has 0 amide bonds. The van der Waals surface area contributed by atoms with Crippen molar-refractivity contribution in [1.82, 2.24) is 10.2 Å². The highest BCUT2D eigenvalue weighted by molar-refractivity contribution is 6.45. The Kier molecular flexibility index (Phi) is 3.54. The lowest BCUT2D eigenvalue weighted by atomic mass is 10.1. The number of anilines is 1. The van der Waals surface area contributed by atoms with Crippen molar-refractivity contribution < 1.29 is 0 Å². The second-order valence-corrected chi connectivity index (χ2v) is 3.65. The number of H-pyrrole nitrogens is 1. The summed E-state index contributed by atoms with van der Waals surface area (Å²) < 4.78 is 0. The SMILES string of the molecule is N#C/C(=N\Nc1cccc(-c2ccn[nH]2)c1)C(=N)N. The maximum Gasteiger partial charge on any atom is 0.201 e. The first kappa shape index (κ1) is 12.3. The summed E-state index contributed by atoms with van der Waals surface area (Å²) in [7, 11) is 0. The number of nitrogens with one attached hydrogen (secondary N) is 3. The molecule has 0 unspecified atom stereocenters. The van der Waals surface area contributed by atoms with Crippen LogP contribution in [0.5, 0.6) is 0 Å². The topological polar surface area (TPSA) is 127 Å². The summed E-state index contributed by atoms with van der Waals surface area (Å²) in [5, 5.41) is 26.4. The quantitative estimate of drug-likeness (QED) is 0.372. The maximum atomic E-state index is 8.72. The van der Waals surface area contributed by atoms with Crippen LogP contribution in [0, 0.1) is 16.7 Å². The second kappa shape index (κ2) is 5.46. The Morgan fingerprint density at radius 1 is 1.47 bits per heavy atom. The molecule has 2 rings (SSSR count). The Morgan fingerprint density at radius 3 is 2.95 bits per heavy atom. The van der Waals surface area contributed by atoms with Gasteiger partial charge in [-0.3, -0.25) is 15.9 Å². The summed E-state index contributed by atoms with van der Waals surface area (Å²) in [4.78, 5) is 0. The van der Waals surface area contributed by atoms with E-state index < -0.39 is 0 Å². The van der Waals surface area contributed by atoms with Crippen LogP contribution in [0.15, 0.2) is 41.6 Å². The van der Waals surface area contributed by atoms with E-state index in [0.29, 0.717) is 5.69 Å². The number of rotatable bonds is 4. The number of nitrogens with two attached hydrogens (primary N) is 1. The van der Waals surface area contributed by atoms with Gasteiger partial charge in [0.05, 0.1) is 11.4 Å². The highest BCUT2D eigenvalue weighted by Gasteiger charge is 2.02. The van der Waals surface area contributed by atoms with Gasteiger partial charge in [0, 0.05) is 11.8 Å². The van der Waals surface area contributed by atoms with Crippen molar-refractivity contribution in [2.75, 3.05) is 5.43 Å². The van der Waals surface area contributed by atoms with Crippen LogP contribution >= 0.6 is 0 Å². The summed E-state index contributed by atoms with van der Waals surface area (Å²) >= 11 is 0. The van der Waals surface area contributed by atoms with Crippen LogP contribution in [0.25, 0.3) is 11.3 Å². The van der Waals surface area contributed by atoms with Crippen LogP contribution in [-0.4, -0.2) is 21.7 Å². The number of aromatic nitrogens is 2. The van der Waals surface area contributed by atoms with Crippen molar-refractivity contribution in [3.8, 4) is 17.3 Å². The van der Waals surface area contributed by atoms with Gasteiger partial charge in [0.2, 0.25) is 5.71 Å². The smallest absolute Gasteiger partial charge is 0.201 e. The van der Waals surface area contributed by atoms with Crippen LogP contribution in [0.3, 0.4) is 0 Å². The summed E-state index contributed by atoms with van der Waals surface area (Å²) in [5.41, 5.74) is 10.2. The number of hydrogen-bond donors (Lipinski definition) is 4. The third-order valence-electron chi connectivity index (χ3n) is 2.33. The van der Waals surface area contributed by atoms with Crippen LogP contribution in [0.2, 0.25) is 0 Å². The molecule has 0 saturated carbocycles. The molecule has 0 spiro atoms. The van der Waals surface area contributed by atoms with E-state index in [2.05, 4.69) is 20.7 Å². The van der Waals surface area contributed by atoms with Crippen molar-refractivity contribution in [1.29, 1.82) is 10.7 Å². The molecular formula is C12H11N7. The highest BCUT2D eigenvalue weighted by atomic mass is 15.3. The lowest BCUT2D eigenvalue weighted by Gasteiger charge is -2.03. The maximum absolute atomic E-state index is 8.72. The molecule has 0 aliphatic heterocycles. The summed E-state index contributed by atoms with van der Waals surface area (Å²) in [6.07, 6.45) is 1.66. The molecule has 0 aliphatic carbocycles. The van der Waals surface area contributed by atoms with Gasteiger partial charge in [-0.1, -0.05) is 12.1 Å². The number of hydrazone groups is 1. The van der Waals surface area contributed by atoms with Crippen molar-refractivity contribution in [2.24, 2.45) is 10.8 Å². The zero-order valence-electron chi connectivity index (χ0n) is 9.88. The van der Waals surface area contributed by atoms with E-state index in [0.717, 1.165) is 11.3 Å². The minimum Gasteiger partial charge on any atom is -0.382 e. The zero-order chi connectivity index (χ0) is 13.7. The number of nitriles is 1. The number of aromatic amines is 1. The van der Waals surface area contributed by atoms with Gasteiger partial charge in [-0.25, -0.2) is 0 Å². The third kappa shape index (κ3) is 2.95. The Labute approximate surface area is 109 Å². The fraction of sp³-hybridized carbons (Fsp3) is 0. The van der Waals surface area contributed by atoms with E-state index in [1.807, 2.05) is 24.3 Å². The summed E-state index contributed by atoms with van der Waals surface area (Å²) in [6.45, 7) is 0. The van der Waals surface area contributed by atoms with Crippen molar-refractivity contribution in [3.05, 3.63) is 36.5 Å². The van der Waals surface area contributed by atoms with E-state index in [1.165, 1.54) is 0 Å². The molecule has 0 bridgehead atoms. The van der Waals surface area contributed by atoms with Crippen LogP contribution in [0.1, 0.15) is 0 Å². The predicted molar refractivity (Wildman–Crippen MR) is 72.6 cm³/mol. The molecule has 2 aromatic rings. The average molecular weight is 253 g/mol. The average Bonchev–Trinajstić information content (AvgIpc) is 2.93. The zero-order valence-corrected chi connectivity index (χ0v) is 9.88. The molecule has 7 heteroatoms. The lowest BCUT2D eigenvalue weighted by Crippen LogP contribution is -2.21. The van der Waals surface area contributed by atoms with Crippen LogP contribution < -0.4 is 11.2 Å². The second-order valence-electron chi connectivity index (χ2n) is 3.65. The molecular weight excluding hydrogens is 242 g/mol. The van der Waals surface area contributed by atoms with Crippen molar-refractivity contribution in [3.63, 3.8) is 0 Å². The van der Waals surface area contributed by atoms with Gasteiger partial charge in [0.1, 0.15) is 6.07 Å². The molecule has 1 aromatic carbocycles. The van der Waals surface area contributed by atoms with Gasteiger partial charge in [0.25, 0.3) is 0 Å². The van der Waals surface area contributed by atoms with Crippen molar-refractivity contribution >= 4 is 17.2 Å². The molecule has 7 nitrogen and oxygen atoms in total. The first-order valence-corrected chi connectivity index (χ1v) is 5.38. The van der Waals surface area contributed by atoms with Crippen LogP contribution in [-0.2, 0) is 0 Å². The Hall–Kier alpha value is -3.14. The van der Waals surface area contributed by atoms with Crippen LogP contribution in [0.4, 0.5) is 5.69 Å². The Morgan fingerprint density at radius 2 is 2.32 bits per heavy atom. The van der Waals surface area contributed by atoms with Gasteiger partial charge in [0.15, 0.2) is 5.84 Å². The number of hydrogen-bond acceptors (Lipinski definition) is 5. The van der Waals surface area contributed by atoms with Crippen molar-refractivity contribution in [2.45, 2.75) is 0 Å². The number of benzene rings is 1. The summed E-state index contributed by atoms with van der Waals surface area (Å²) in [6, 6.07) is 11.0. The standard InChI is InChI=1S/C12H11N7/c13-7-11(12(14)15)19-17-9-3-1-2-8(6-9)10-4-5-16-18-10/h1-6,17H,(H3,14,15)(H,16,18)/b19-11+. The van der Waals surface area contributed by atoms with Gasteiger partial charge in [-0.05, 0) is 18.2 Å². The molecule has 94 valence electrons. The fourth-order valence-electron chi connectivity index (χ4n) is 1.44. The Bertz CT molecular complexity index is 649. The first-order valence-electron chi connectivity index (χ1n) is 5.38. The van der Waals surface area contributed by atoms with E-state index in [1.54, 1.807) is 18.3 Å². The van der Waals surface area contributed by atoms with E-state index in [-0.39, 0.29) is 11.5 Å². The largest absolute Gasteiger partial charge is 0.382 e. The van der Waals surface area contributed by atoms with E-state index >= 15 is 0 Å². The molecule has 1 heterocycles. The first-order chi connectivity index (χ1) is 9.20. The summed E-state index contributed by atoms with van der Waals surface area (Å²) in [5.74, 6) is -0.375. The fourth-order valence-corrected chi connectivity index (χ4v) is 1.44. The highest BCUT2D eigenvalue weighted by Crippen LogP contribution is 2.20. The van der Waals surface area contributed by atoms with Gasteiger partial charge >= 0.3 is 0 Å². The minimum atomic E-state index is -0.375. The van der Waals surface area contributed by atoms with Gasteiger partial charge in [-0.2, -0.15) is 15.5 Å². The lowest BCUT2D eigenvalue weighted by molar-refractivity contribution is 1.10. The molecule has 0 fully saturated rings. The predicted octanol–water partition coefficient (Wildman–Crippen LogP) is 1.30. The molecule has 0 saturated heterocycles. The Balaban J connectivity index is 2.21. The molecule has 0 atom stereocenters. The number of amidine groups is 1. The normalized spacial score (nSPS) is 10.8. The van der Waals surface area contributed by atoms with Gasteiger partial charge < -0.3 is 5.73 Å². The molecule has 1 aromatic heterocycles. The monoisotopic (exact) mass is 253 g/mol. The van der Waals surface area contributed by atoms with Gasteiger partial charge in [-0.15, -0.1) is 0 Å². The van der Waals surface area contributed by atoms with E-state index in [4.69, 9.17) is 16.4 Å². The minimum absolute atomic E-state index is 0.160.